The third-order valence-corrected chi connectivity index (χ3v) is 7.16. The average molecular weight is 431 g/mol. The third-order valence-electron chi connectivity index (χ3n) is 5.25. The molecule has 0 radical (unpaired) electrons. The van der Waals surface area contributed by atoms with Crippen molar-refractivity contribution in [2.24, 2.45) is 5.92 Å². The fraction of sp³-hybridized carbons (Fsp3) is 0.435. The minimum absolute atomic E-state index is 0.0232. The molecule has 1 heterocycles. The van der Waals surface area contributed by atoms with Crippen molar-refractivity contribution in [2.75, 3.05) is 13.1 Å². The fourth-order valence-corrected chi connectivity index (χ4v) is 4.98. The summed E-state index contributed by atoms with van der Waals surface area (Å²) in [7, 11) is -3.51. The molecule has 0 aliphatic carbocycles. The Bertz CT molecular complexity index is 946. The van der Waals surface area contributed by atoms with Gasteiger partial charge in [-0.25, -0.2) is 8.42 Å². The van der Waals surface area contributed by atoms with Crippen molar-refractivity contribution < 1.29 is 17.9 Å². The molecule has 1 fully saturated rings. The molecule has 30 heavy (non-hydrogen) atoms. The van der Waals surface area contributed by atoms with Crippen molar-refractivity contribution >= 4 is 15.9 Å². The second-order valence-corrected chi connectivity index (χ2v) is 9.96. The van der Waals surface area contributed by atoms with Gasteiger partial charge in [0.25, 0.3) is 0 Å². The summed E-state index contributed by atoms with van der Waals surface area (Å²) in [5.74, 6) is 0.616. The molecule has 6 nitrogen and oxygen atoms in total. The number of benzene rings is 2. The van der Waals surface area contributed by atoms with E-state index in [4.69, 9.17) is 4.74 Å². The predicted octanol–water partition coefficient (Wildman–Crippen LogP) is 3.50. The van der Waals surface area contributed by atoms with Gasteiger partial charge in [0.15, 0.2) is 0 Å². The minimum atomic E-state index is -3.51. The summed E-state index contributed by atoms with van der Waals surface area (Å²) in [4.78, 5) is 12.9. The molecule has 0 unspecified atom stereocenters. The van der Waals surface area contributed by atoms with Crippen LogP contribution in [-0.4, -0.2) is 37.8 Å². The Morgan fingerprint density at radius 1 is 1.07 bits per heavy atom. The predicted molar refractivity (Wildman–Crippen MR) is 117 cm³/mol. The maximum atomic E-state index is 12.8. The third kappa shape index (κ3) is 5.61. The molecule has 2 aromatic carbocycles. The zero-order chi connectivity index (χ0) is 21.7. The van der Waals surface area contributed by atoms with E-state index in [9.17, 15) is 13.2 Å². The normalized spacial score (nSPS) is 15.9. The molecule has 0 saturated carbocycles. The second kappa shape index (κ2) is 9.62. The molecule has 7 heteroatoms. The van der Waals surface area contributed by atoms with E-state index in [1.54, 1.807) is 24.3 Å². The van der Waals surface area contributed by atoms with Gasteiger partial charge in [0.2, 0.25) is 15.9 Å². The summed E-state index contributed by atoms with van der Waals surface area (Å²) < 4.78 is 32.7. The highest BCUT2D eigenvalue weighted by atomic mass is 32.2. The van der Waals surface area contributed by atoms with Crippen LogP contribution in [0.15, 0.2) is 53.4 Å². The number of hydrogen-bond donors (Lipinski definition) is 1. The molecule has 2 aromatic rings. The van der Waals surface area contributed by atoms with Crippen molar-refractivity contribution in [1.82, 2.24) is 9.62 Å². The summed E-state index contributed by atoms with van der Waals surface area (Å²) >= 11 is 0. The number of rotatable bonds is 7. The van der Waals surface area contributed by atoms with Crippen LogP contribution in [0, 0.1) is 12.8 Å². The lowest BCUT2D eigenvalue weighted by molar-refractivity contribution is -0.126. The Labute approximate surface area is 179 Å². The van der Waals surface area contributed by atoms with Gasteiger partial charge in [-0.05, 0) is 63.4 Å². The van der Waals surface area contributed by atoms with E-state index < -0.39 is 10.0 Å². The fourth-order valence-electron chi connectivity index (χ4n) is 3.51. The molecule has 1 aliphatic heterocycles. The Morgan fingerprint density at radius 3 is 2.23 bits per heavy atom. The van der Waals surface area contributed by atoms with Crippen LogP contribution in [0.25, 0.3) is 0 Å². The van der Waals surface area contributed by atoms with Gasteiger partial charge in [0, 0.05) is 25.6 Å². The number of piperidine rings is 1. The number of nitrogens with zero attached hydrogens (tertiary/aromatic N) is 1. The van der Waals surface area contributed by atoms with Crippen molar-refractivity contribution in [3.05, 3.63) is 59.7 Å². The number of hydrogen-bond acceptors (Lipinski definition) is 4. The molecule has 0 aromatic heterocycles. The number of amides is 1. The van der Waals surface area contributed by atoms with Gasteiger partial charge in [0.05, 0.1) is 11.0 Å². The molecule has 1 saturated heterocycles. The zero-order valence-electron chi connectivity index (χ0n) is 17.8. The van der Waals surface area contributed by atoms with Gasteiger partial charge in [0.1, 0.15) is 5.75 Å². The monoisotopic (exact) mass is 430 g/mol. The highest BCUT2D eigenvalue weighted by Gasteiger charge is 2.31. The lowest BCUT2D eigenvalue weighted by atomic mass is 9.97. The highest BCUT2D eigenvalue weighted by Crippen LogP contribution is 2.24. The summed E-state index contributed by atoms with van der Waals surface area (Å²) in [6.07, 6.45) is 1.17. The number of sulfonamides is 1. The molecule has 0 bridgehead atoms. The van der Waals surface area contributed by atoms with E-state index in [2.05, 4.69) is 5.32 Å². The Morgan fingerprint density at radius 2 is 1.67 bits per heavy atom. The van der Waals surface area contributed by atoms with E-state index in [-0.39, 0.29) is 17.9 Å². The van der Waals surface area contributed by atoms with Crippen LogP contribution in [0.1, 0.15) is 37.8 Å². The van der Waals surface area contributed by atoms with Gasteiger partial charge in [-0.2, -0.15) is 4.31 Å². The number of carbonyl (C=O) groups excluding carboxylic acids is 1. The molecule has 162 valence electrons. The lowest BCUT2D eigenvalue weighted by Crippen LogP contribution is -2.42. The molecular formula is C23H30N2O4S. The van der Waals surface area contributed by atoms with Crippen LogP contribution in [0.3, 0.4) is 0 Å². The van der Waals surface area contributed by atoms with Crippen LogP contribution in [0.4, 0.5) is 0 Å². The molecular weight excluding hydrogens is 400 g/mol. The van der Waals surface area contributed by atoms with Crippen LogP contribution in [0.2, 0.25) is 0 Å². The molecule has 1 aliphatic rings. The number of aryl methyl sites for hydroxylation is 1. The Hall–Kier alpha value is -2.38. The SMILES string of the molecule is Cc1ccc(S(=O)(=O)N2CCC(C(=O)NCc3ccc(OC(C)C)cc3)CC2)cc1. The minimum Gasteiger partial charge on any atom is -0.491 e. The van der Waals surface area contributed by atoms with E-state index in [1.165, 1.54) is 4.31 Å². The summed E-state index contributed by atoms with van der Waals surface area (Å²) in [5.41, 5.74) is 2.02. The summed E-state index contributed by atoms with van der Waals surface area (Å²) in [6.45, 7) is 7.04. The first kappa shape index (κ1) is 22.3. The topological polar surface area (TPSA) is 75.7 Å². The smallest absolute Gasteiger partial charge is 0.243 e. The number of ether oxygens (including phenoxy) is 1. The summed E-state index contributed by atoms with van der Waals surface area (Å²) in [6, 6.07) is 14.6. The molecule has 1 N–H and O–H groups in total. The van der Waals surface area contributed by atoms with Crippen molar-refractivity contribution in [2.45, 2.75) is 51.2 Å². The summed E-state index contributed by atoms with van der Waals surface area (Å²) in [5, 5.41) is 2.97. The Balaban J connectivity index is 1.50. The number of nitrogens with one attached hydrogen (secondary N) is 1. The van der Waals surface area contributed by atoms with E-state index in [0.29, 0.717) is 37.4 Å². The average Bonchev–Trinajstić information content (AvgIpc) is 2.73. The molecule has 0 atom stereocenters. The van der Waals surface area contributed by atoms with E-state index in [0.717, 1.165) is 16.9 Å². The number of carbonyl (C=O) groups is 1. The van der Waals surface area contributed by atoms with Gasteiger partial charge in [-0.15, -0.1) is 0 Å². The van der Waals surface area contributed by atoms with E-state index in [1.807, 2.05) is 45.0 Å². The maximum Gasteiger partial charge on any atom is 0.243 e. The zero-order valence-corrected chi connectivity index (χ0v) is 18.6. The van der Waals surface area contributed by atoms with Crippen LogP contribution in [0.5, 0.6) is 5.75 Å². The van der Waals surface area contributed by atoms with Crippen LogP contribution >= 0.6 is 0 Å². The first-order chi connectivity index (χ1) is 14.3. The molecule has 0 spiro atoms. The van der Waals surface area contributed by atoms with Gasteiger partial charge in [-0.1, -0.05) is 29.8 Å². The van der Waals surface area contributed by atoms with Crippen molar-refractivity contribution in [1.29, 1.82) is 0 Å². The van der Waals surface area contributed by atoms with Gasteiger partial charge in [-0.3, -0.25) is 4.79 Å². The second-order valence-electron chi connectivity index (χ2n) is 8.02. The first-order valence-corrected chi connectivity index (χ1v) is 11.8. The van der Waals surface area contributed by atoms with Crippen LogP contribution in [-0.2, 0) is 21.4 Å². The van der Waals surface area contributed by atoms with E-state index >= 15 is 0 Å². The largest absolute Gasteiger partial charge is 0.491 e. The lowest BCUT2D eigenvalue weighted by Gasteiger charge is -2.30. The maximum absolute atomic E-state index is 12.8. The highest BCUT2D eigenvalue weighted by molar-refractivity contribution is 7.89. The molecule has 3 rings (SSSR count). The standard InChI is InChI=1S/C23H30N2O4S/c1-17(2)29-21-8-6-19(7-9-21)16-24-23(26)20-12-14-25(15-13-20)30(27,28)22-10-4-18(3)5-11-22/h4-11,17,20H,12-16H2,1-3H3,(H,24,26). The molecule has 1 amide bonds. The van der Waals surface area contributed by atoms with Crippen LogP contribution < -0.4 is 10.1 Å². The first-order valence-electron chi connectivity index (χ1n) is 10.4. The van der Waals surface area contributed by atoms with Gasteiger partial charge < -0.3 is 10.1 Å². The quantitative estimate of drug-likeness (QED) is 0.730. The van der Waals surface area contributed by atoms with Crippen molar-refractivity contribution in [3.8, 4) is 5.75 Å². The van der Waals surface area contributed by atoms with Gasteiger partial charge >= 0.3 is 0 Å². The Kier molecular flexibility index (Phi) is 7.15. The van der Waals surface area contributed by atoms with Crippen molar-refractivity contribution in [3.63, 3.8) is 0 Å².